The second-order valence-corrected chi connectivity index (χ2v) is 9.97. The SMILES string of the molecule is CN1C=C2CCC(O)NC3CCN(C3=O)c3cccc4ccc(cc34)Oc3cc(ccc3C#N)CN2C1. The molecular weight excluding hydrogens is 466 g/mol. The molecule has 3 aliphatic rings. The predicted molar refractivity (Wildman–Crippen MR) is 141 cm³/mol. The number of amides is 1. The third-order valence-electron chi connectivity index (χ3n) is 7.33. The number of carbonyl (C=O) groups is 1. The van der Waals surface area contributed by atoms with Crippen LogP contribution in [0.15, 0.2) is 66.5 Å². The molecule has 2 N–H and O–H groups in total. The van der Waals surface area contributed by atoms with Gasteiger partial charge in [0.05, 0.1) is 24.0 Å². The van der Waals surface area contributed by atoms with Crippen molar-refractivity contribution in [2.75, 3.05) is 25.2 Å². The van der Waals surface area contributed by atoms with Crippen LogP contribution in [0.1, 0.15) is 30.4 Å². The molecule has 0 spiro atoms. The third-order valence-corrected chi connectivity index (χ3v) is 7.33. The average Bonchev–Trinajstić information content (AvgIpc) is 3.43. The van der Waals surface area contributed by atoms with Gasteiger partial charge in [0.2, 0.25) is 5.91 Å². The number of fused-ring (bicyclic) bond motifs is 7. The minimum absolute atomic E-state index is 0.0418. The summed E-state index contributed by atoms with van der Waals surface area (Å²) in [5, 5.41) is 25.6. The fourth-order valence-electron chi connectivity index (χ4n) is 5.51. The van der Waals surface area contributed by atoms with E-state index in [4.69, 9.17) is 4.74 Å². The topological polar surface area (TPSA) is 92.1 Å². The van der Waals surface area contributed by atoms with Crippen LogP contribution in [-0.2, 0) is 11.3 Å². The second-order valence-electron chi connectivity index (χ2n) is 9.97. The van der Waals surface area contributed by atoms with E-state index in [1.165, 1.54) is 0 Å². The number of aliphatic hydroxyl groups is 1. The number of anilines is 1. The zero-order valence-electron chi connectivity index (χ0n) is 20.7. The van der Waals surface area contributed by atoms with Crippen molar-refractivity contribution in [1.82, 2.24) is 15.1 Å². The van der Waals surface area contributed by atoms with Crippen molar-refractivity contribution in [3.8, 4) is 17.6 Å². The van der Waals surface area contributed by atoms with Crippen LogP contribution in [0.5, 0.6) is 11.5 Å². The van der Waals surface area contributed by atoms with Crippen molar-refractivity contribution in [2.24, 2.45) is 0 Å². The number of allylic oxidation sites excluding steroid dienone is 1. The summed E-state index contributed by atoms with van der Waals surface area (Å²) in [5.41, 5.74) is 3.44. The molecule has 0 saturated carbocycles. The number of ether oxygens (including phenoxy) is 1. The highest BCUT2D eigenvalue weighted by molar-refractivity contribution is 6.07. The first-order chi connectivity index (χ1) is 18.0. The summed E-state index contributed by atoms with van der Waals surface area (Å²) < 4.78 is 6.29. The fraction of sp³-hybridized carbons (Fsp3) is 0.310. The summed E-state index contributed by atoms with van der Waals surface area (Å²) in [6, 6.07) is 19.2. The molecule has 188 valence electrons. The molecule has 2 atom stereocenters. The lowest BCUT2D eigenvalue weighted by Gasteiger charge is -2.25. The molecule has 8 nitrogen and oxygen atoms in total. The molecule has 3 aromatic rings. The highest BCUT2D eigenvalue weighted by atomic mass is 16.5. The first-order valence-electron chi connectivity index (χ1n) is 12.6. The Balaban J connectivity index is 1.43. The minimum atomic E-state index is -0.782. The zero-order valence-corrected chi connectivity index (χ0v) is 20.7. The number of nitrogens with zero attached hydrogens (tertiary/aromatic N) is 4. The van der Waals surface area contributed by atoms with E-state index >= 15 is 0 Å². The van der Waals surface area contributed by atoms with Crippen LogP contribution in [0.3, 0.4) is 0 Å². The summed E-state index contributed by atoms with van der Waals surface area (Å²) in [6.07, 6.45) is 3.11. The fourth-order valence-corrected chi connectivity index (χ4v) is 5.51. The van der Waals surface area contributed by atoms with Gasteiger partial charge in [-0.25, -0.2) is 0 Å². The Morgan fingerprint density at radius 3 is 2.89 bits per heavy atom. The van der Waals surface area contributed by atoms with Gasteiger partial charge in [-0.15, -0.1) is 0 Å². The summed E-state index contributed by atoms with van der Waals surface area (Å²) in [7, 11) is 2.02. The molecule has 3 aromatic carbocycles. The van der Waals surface area contributed by atoms with E-state index in [0.29, 0.717) is 49.4 Å². The highest BCUT2D eigenvalue weighted by Gasteiger charge is 2.34. The normalized spacial score (nSPS) is 21.8. The maximum atomic E-state index is 13.4. The average molecular weight is 496 g/mol. The molecule has 0 aromatic heterocycles. The molecule has 1 fully saturated rings. The monoisotopic (exact) mass is 495 g/mol. The highest BCUT2D eigenvalue weighted by Crippen LogP contribution is 2.35. The smallest absolute Gasteiger partial charge is 0.244 e. The quantitative estimate of drug-likeness (QED) is 0.489. The number of aliphatic hydroxyl groups excluding tert-OH is 1. The van der Waals surface area contributed by atoms with Crippen LogP contribution in [-0.4, -0.2) is 53.3 Å². The molecule has 3 heterocycles. The second kappa shape index (κ2) is 9.43. The molecule has 3 aliphatic heterocycles. The van der Waals surface area contributed by atoms with Crippen LogP contribution in [0.2, 0.25) is 0 Å². The molecule has 37 heavy (non-hydrogen) atoms. The van der Waals surface area contributed by atoms with Gasteiger partial charge >= 0.3 is 0 Å². The van der Waals surface area contributed by atoms with Gasteiger partial charge in [-0.3, -0.25) is 10.1 Å². The summed E-state index contributed by atoms with van der Waals surface area (Å²) >= 11 is 0. The predicted octanol–water partition coefficient (Wildman–Crippen LogP) is 3.86. The van der Waals surface area contributed by atoms with Gasteiger partial charge in [0.25, 0.3) is 0 Å². The van der Waals surface area contributed by atoms with E-state index < -0.39 is 12.3 Å². The maximum Gasteiger partial charge on any atom is 0.244 e. The summed E-state index contributed by atoms with van der Waals surface area (Å²) in [5.74, 6) is 1.07. The molecule has 6 rings (SSSR count). The zero-order chi connectivity index (χ0) is 25.5. The van der Waals surface area contributed by atoms with Crippen LogP contribution < -0.4 is 15.0 Å². The van der Waals surface area contributed by atoms with Gasteiger partial charge in [-0.05, 0) is 60.5 Å². The number of nitriles is 1. The third kappa shape index (κ3) is 4.48. The van der Waals surface area contributed by atoms with Gasteiger partial charge in [-0.1, -0.05) is 24.3 Å². The molecule has 6 bridgehead atoms. The number of rotatable bonds is 0. The largest absolute Gasteiger partial charge is 0.456 e. The number of benzene rings is 3. The van der Waals surface area contributed by atoms with Crippen molar-refractivity contribution in [3.05, 3.63) is 77.6 Å². The number of nitrogens with one attached hydrogen (secondary N) is 1. The van der Waals surface area contributed by atoms with Crippen molar-refractivity contribution in [2.45, 2.75) is 38.1 Å². The Bertz CT molecular complexity index is 1450. The Labute approximate surface area is 215 Å². The van der Waals surface area contributed by atoms with Crippen LogP contribution in [0, 0.1) is 11.3 Å². The van der Waals surface area contributed by atoms with E-state index in [0.717, 1.165) is 34.4 Å². The number of hydrogen-bond acceptors (Lipinski definition) is 7. The minimum Gasteiger partial charge on any atom is -0.456 e. The molecule has 0 aliphatic carbocycles. The lowest BCUT2D eigenvalue weighted by Crippen LogP contribution is -2.44. The first kappa shape index (κ1) is 23.3. The lowest BCUT2D eigenvalue weighted by molar-refractivity contribution is -0.119. The van der Waals surface area contributed by atoms with Crippen molar-refractivity contribution < 1.29 is 14.6 Å². The lowest BCUT2D eigenvalue weighted by atomic mass is 10.1. The molecule has 1 saturated heterocycles. The van der Waals surface area contributed by atoms with E-state index in [1.54, 1.807) is 11.0 Å². The molecule has 0 radical (unpaired) electrons. The standard InChI is InChI=1S/C29H29N5O3/c1-32-17-22-8-10-28(35)31-25-11-12-34(29(25)36)26-4-2-3-20-7-9-23(14-24(20)26)37-27-13-19(16-33(22)18-32)5-6-21(27)15-30/h2-7,9,13-14,17,25,28,31,35H,8,10-12,16,18H2,1H3. The Morgan fingerprint density at radius 2 is 2.03 bits per heavy atom. The van der Waals surface area contributed by atoms with Crippen molar-refractivity contribution in [1.29, 1.82) is 5.26 Å². The summed E-state index contributed by atoms with van der Waals surface area (Å²) in [6.45, 7) is 1.95. The molecule has 8 heteroatoms. The van der Waals surface area contributed by atoms with Gasteiger partial charge in [-0.2, -0.15) is 5.26 Å². The van der Waals surface area contributed by atoms with E-state index in [-0.39, 0.29) is 5.91 Å². The Kier molecular flexibility index (Phi) is 5.95. The van der Waals surface area contributed by atoms with Crippen LogP contribution in [0.25, 0.3) is 10.8 Å². The molecular formula is C29H29N5O3. The van der Waals surface area contributed by atoms with Crippen LogP contribution >= 0.6 is 0 Å². The van der Waals surface area contributed by atoms with Gasteiger partial charge < -0.3 is 24.5 Å². The number of carbonyl (C=O) groups excluding carboxylic acids is 1. The Morgan fingerprint density at radius 1 is 1.14 bits per heavy atom. The molecule has 1 amide bonds. The van der Waals surface area contributed by atoms with Crippen molar-refractivity contribution >= 4 is 22.4 Å². The van der Waals surface area contributed by atoms with E-state index in [1.807, 2.05) is 55.6 Å². The van der Waals surface area contributed by atoms with E-state index in [2.05, 4.69) is 27.4 Å². The van der Waals surface area contributed by atoms with E-state index in [9.17, 15) is 15.2 Å². The van der Waals surface area contributed by atoms with Crippen molar-refractivity contribution in [3.63, 3.8) is 0 Å². The molecule has 2 unspecified atom stereocenters. The Hall–Kier alpha value is -4.06. The first-order valence-corrected chi connectivity index (χ1v) is 12.6. The van der Waals surface area contributed by atoms with Crippen LogP contribution in [0.4, 0.5) is 5.69 Å². The van der Waals surface area contributed by atoms with Gasteiger partial charge in [0.1, 0.15) is 23.8 Å². The van der Waals surface area contributed by atoms with Gasteiger partial charge in [0.15, 0.2) is 0 Å². The van der Waals surface area contributed by atoms with Gasteiger partial charge in [0, 0.05) is 37.4 Å². The summed E-state index contributed by atoms with van der Waals surface area (Å²) in [4.78, 5) is 19.5. The maximum absolute atomic E-state index is 13.4. The number of hydrogen-bond donors (Lipinski definition) is 2.